The molecule has 0 radical (unpaired) electrons. The normalized spacial score (nSPS) is 10.6. The number of benzene rings is 1. The van der Waals surface area contributed by atoms with E-state index in [4.69, 9.17) is 5.73 Å². The third kappa shape index (κ3) is 2.58. The van der Waals surface area contributed by atoms with Crippen LogP contribution < -0.4 is 10.6 Å². The molecule has 2 N–H and O–H groups in total. The zero-order valence-corrected chi connectivity index (χ0v) is 12.1. The van der Waals surface area contributed by atoms with Gasteiger partial charge in [0.25, 0.3) is 5.91 Å². The molecule has 0 saturated carbocycles. The van der Waals surface area contributed by atoms with Crippen molar-refractivity contribution in [1.82, 2.24) is 9.78 Å². The summed E-state index contributed by atoms with van der Waals surface area (Å²) in [6, 6.07) is 9.47. The third-order valence-electron chi connectivity index (χ3n) is 3.30. The van der Waals surface area contributed by atoms with Crippen LogP contribution in [-0.2, 0) is 13.1 Å². The van der Waals surface area contributed by atoms with Gasteiger partial charge in [-0.3, -0.25) is 9.48 Å². The van der Waals surface area contributed by atoms with Gasteiger partial charge < -0.3 is 10.6 Å². The van der Waals surface area contributed by atoms with Crippen molar-refractivity contribution in [3.8, 4) is 0 Å². The molecule has 0 saturated heterocycles. The predicted octanol–water partition coefficient (Wildman–Crippen LogP) is 1.95. The van der Waals surface area contributed by atoms with Crippen LogP contribution in [0.15, 0.2) is 30.3 Å². The Hall–Kier alpha value is -2.14. The van der Waals surface area contributed by atoms with E-state index in [1.54, 1.807) is 16.6 Å². The number of nitrogens with zero attached hydrogens (tertiary/aromatic N) is 3. The number of hydrogen-bond acceptors (Lipinski definition) is 3. The first-order chi connectivity index (χ1) is 9.58. The lowest BCUT2D eigenvalue weighted by Crippen LogP contribution is -2.29. The Bertz CT molecular complexity index is 618. The van der Waals surface area contributed by atoms with E-state index in [2.05, 4.69) is 5.10 Å². The van der Waals surface area contributed by atoms with Gasteiger partial charge >= 0.3 is 0 Å². The van der Waals surface area contributed by atoms with E-state index in [1.165, 1.54) is 0 Å². The molecule has 0 unspecified atom stereocenters. The van der Waals surface area contributed by atoms with E-state index < -0.39 is 0 Å². The fourth-order valence-electron chi connectivity index (χ4n) is 2.25. The molecule has 1 heterocycles. The lowest BCUT2D eigenvalue weighted by molar-refractivity contribution is 0.0982. The summed E-state index contributed by atoms with van der Waals surface area (Å²) < 4.78 is 1.72. The average Bonchev–Trinajstić information content (AvgIpc) is 2.86. The van der Waals surface area contributed by atoms with E-state index in [-0.39, 0.29) is 5.91 Å². The average molecular weight is 272 g/mol. The molecule has 1 aromatic carbocycles. The number of hydrogen-bond donors (Lipinski definition) is 1. The number of nitrogens with two attached hydrogens (primary N) is 1. The summed E-state index contributed by atoms with van der Waals surface area (Å²) in [5.74, 6) is -0.0756. The first kappa shape index (κ1) is 14.3. The summed E-state index contributed by atoms with van der Waals surface area (Å²) >= 11 is 0. The molecule has 0 fully saturated rings. The number of aromatic nitrogens is 2. The topological polar surface area (TPSA) is 64.2 Å². The van der Waals surface area contributed by atoms with Gasteiger partial charge in [-0.2, -0.15) is 5.10 Å². The SMILES string of the molecule is CCn1nc(C)cc1C(=O)N(C)c1ccccc1CN. The first-order valence-corrected chi connectivity index (χ1v) is 6.69. The quantitative estimate of drug-likeness (QED) is 0.925. The molecule has 0 aliphatic heterocycles. The van der Waals surface area contributed by atoms with Crippen LogP contribution in [0.3, 0.4) is 0 Å². The highest BCUT2D eigenvalue weighted by molar-refractivity contribution is 6.05. The third-order valence-corrected chi connectivity index (χ3v) is 3.30. The van der Waals surface area contributed by atoms with Gasteiger partial charge in [-0.1, -0.05) is 18.2 Å². The van der Waals surface area contributed by atoms with Gasteiger partial charge in [-0.15, -0.1) is 0 Å². The van der Waals surface area contributed by atoms with E-state index >= 15 is 0 Å². The minimum absolute atomic E-state index is 0.0756. The lowest BCUT2D eigenvalue weighted by atomic mass is 10.1. The van der Waals surface area contributed by atoms with Gasteiger partial charge in [0.1, 0.15) is 5.69 Å². The fourth-order valence-corrected chi connectivity index (χ4v) is 2.25. The first-order valence-electron chi connectivity index (χ1n) is 6.69. The molecule has 0 bridgehead atoms. The van der Waals surface area contributed by atoms with Crippen molar-refractivity contribution >= 4 is 11.6 Å². The molecular formula is C15H20N4O. The number of para-hydroxylation sites is 1. The van der Waals surface area contributed by atoms with E-state index in [9.17, 15) is 4.79 Å². The van der Waals surface area contributed by atoms with Gasteiger partial charge in [0, 0.05) is 25.8 Å². The summed E-state index contributed by atoms with van der Waals surface area (Å²) in [5.41, 5.74) is 8.95. The van der Waals surface area contributed by atoms with Crippen molar-refractivity contribution in [2.75, 3.05) is 11.9 Å². The van der Waals surface area contributed by atoms with Gasteiger partial charge in [-0.25, -0.2) is 0 Å². The summed E-state index contributed by atoms with van der Waals surface area (Å²) in [5, 5.41) is 4.31. The summed E-state index contributed by atoms with van der Waals surface area (Å²) in [4.78, 5) is 14.3. The molecule has 5 heteroatoms. The Balaban J connectivity index is 2.37. The fraction of sp³-hybridized carbons (Fsp3) is 0.333. The van der Waals surface area contributed by atoms with Crippen LogP contribution in [0, 0.1) is 6.92 Å². The smallest absolute Gasteiger partial charge is 0.276 e. The number of carbonyl (C=O) groups excluding carboxylic acids is 1. The molecule has 106 valence electrons. The second kappa shape index (κ2) is 5.88. The van der Waals surface area contributed by atoms with Gasteiger partial charge in [0.05, 0.1) is 5.69 Å². The van der Waals surface area contributed by atoms with Crippen molar-refractivity contribution in [1.29, 1.82) is 0 Å². The minimum atomic E-state index is -0.0756. The molecule has 1 amide bonds. The molecule has 20 heavy (non-hydrogen) atoms. The zero-order valence-electron chi connectivity index (χ0n) is 12.1. The molecule has 5 nitrogen and oxygen atoms in total. The van der Waals surface area contributed by atoms with Crippen LogP contribution in [0.5, 0.6) is 0 Å². The molecule has 1 aromatic heterocycles. The molecule has 0 spiro atoms. The minimum Gasteiger partial charge on any atom is -0.326 e. The zero-order chi connectivity index (χ0) is 14.7. The predicted molar refractivity (Wildman–Crippen MR) is 79.7 cm³/mol. The van der Waals surface area contributed by atoms with E-state index in [0.29, 0.717) is 18.8 Å². The highest BCUT2D eigenvalue weighted by Gasteiger charge is 2.19. The molecule has 2 aromatic rings. The van der Waals surface area contributed by atoms with Crippen molar-refractivity contribution in [2.45, 2.75) is 26.9 Å². The lowest BCUT2D eigenvalue weighted by Gasteiger charge is -2.20. The van der Waals surface area contributed by atoms with Crippen molar-refractivity contribution in [3.63, 3.8) is 0 Å². The summed E-state index contributed by atoms with van der Waals surface area (Å²) in [7, 11) is 1.76. The second-order valence-corrected chi connectivity index (χ2v) is 4.68. The number of carbonyl (C=O) groups is 1. The van der Waals surface area contributed by atoms with Gasteiger partial charge in [0.15, 0.2) is 0 Å². The van der Waals surface area contributed by atoms with E-state index in [0.717, 1.165) is 16.9 Å². The molecule has 0 aliphatic carbocycles. The van der Waals surface area contributed by atoms with Crippen LogP contribution in [0.25, 0.3) is 0 Å². The molecule has 0 aliphatic rings. The highest BCUT2D eigenvalue weighted by atomic mass is 16.2. The summed E-state index contributed by atoms with van der Waals surface area (Å²) in [6.45, 7) is 4.93. The Labute approximate surface area is 119 Å². The number of amides is 1. The van der Waals surface area contributed by atoms with Crippen molar-refractivity contribution in [3.05, 3.63) is 47.3 Å². The largest absolute Gasteiger partial charge is 0.326 e. The van der Waals surface area contributed by atoms with Gasteiger partial charge in [0.2, 0.25) is 0 Å². The Morgan fingerprint density at radius 3 is 2.75 bits per heavy atom. The second-order valence-electron chi connectivity index (χ2n) is 4.68. The standard InChI is InChI=1S/C15H20N4O/c1-4-19-14(9-11(2)17-19)15(20)18(3)13-8-6-5-7-12(13)10-16/h5-9H,4,10,16H2,1-3H3. The Kier molecular flexibility index (Phi) is 4.20. The van der Waals surface area contributed by atoms with Crippen LogP contribution in [0.4, 0.5) is 5.69 Å². The van der Waals surface area contributed by atoms with E-state index in [1.807, 2.05) is 44.2 Å². The maximum absolute atomic E-state index is 12.6. The van der Waals surface area contributed by atoms with Crippen LogP contribution >= 0.6 is 0 Å². The molecule has 0 atom stereocenters. The number of anilines is 1. The molecule has 2 rings (SSSR count). The Morgan fingerprint density at radius 1 is 1.40 bits per heavy atom. The van der Waals surface area contributed by atoms with Crippen molar-refractivity contribution < 1.29 is 4.79 Å². The Morgan fingerprint density at radius 2 is 2.10 bits per heavy atom. The highest BCUT2D eigenvalue weighted by Crippen LogP contribution is 2.21. The van der Waals surface area contributed by atoms with Gasteiger partial charge in [-0.05, 0) is 31.5 Å². The maximum Gasteiger partial charge on any atom is 0.276 e. The number of aryl methyl sites for hydroxylation is 2. The van der Waals surface area contributed by atoms with Crippen LogP contribution in [0.2, 0.25) is 0 Å². The van der Waals surface area contributed by atoms with Crippen molar-refractivity contribution in [2.24, 2.45) is 5.73 Å². The molecular weight excluding hydrogens is 252 g/mol. The monoisotopic (exact) mass is 272 g/mol. The summed E-state index contributed by atoms with van der Waals surface area (Å²) in [6.07, 6.45) is 0. The maximum atomic E-state index is 12.6. The number of rotatable bonds is 4. The van der Waals surface area contributed by atoms with Crippen LogP contribution in [-0.4, -0.2) is 22.7 Å². The van der Waals surface area contributed by atoms with Crippen LogP contribution in [0.1, 0.15) is 28.7 Å².